The fourth-order valence-corrected chi connectivity index (χ4v) is 2.80. The Bertz CT molecular complexity index is 663. The van der Waals surface area contributed by atoms with Gasteiger partial charge in [0.2, 0.25) is 0 Å². The Kier molecular flexibility index (Phi) is 6.19. The summed E-state index contributed by atoms with van der Waals surface area (Å²) in [7, 11) is 1.41. The summed E-state index contributed by atoms with van der Waals surface area (Å²) in [6.07, 6.45) is 0. The van der Waals surface area contributed by atoms with E-state index < -0.39 is 24.4 Å². The normalized spacial score (nSPS) is 13.5. The van der Waals surface area contributed by atoms with Gasteiger partial charge in [-0.1, -0.05) is 23.9 Å². The molecule has 3 amide bonds. The molecule has 9 heteroatoms. The van der Waals surface area contributed by atoms with Crippen LogP contribution in [-0.4, -0.2) is 60.5 Å². The molecule has 0 saturated carbocycles. The molecule has 1 fully saturated rings. The molecule has 2 rings (SSSR count). The van der Waals surface area contributed by atoms with Crippen molar-refractivity contribution in [2.45, 2.75) is 0 Å². The van der Waals surface area contributed by atoms with Crippen molar-refractivity contribution in [3.8, 4) is 5.75 Å². The number of amides is 3. The van der Waals surface area contributed by atoms with Crippen molar-refractivity contribution in [2.75, 3.05) is 32.6 Å². The predicted molar refractivity (Wildman–Crippen MR) is 85.9 cm³/mol. The van der Waals surface area contributed by atoms with Gasteiger partial charge < -0.3 is 14.4 Å². The summed E-state index contributed by atoms with van der Waals surface area (Å²) in [4.78, 5) is 48.0. The first kappa shape index (κ1) is 17.8. The topological polar surface area (TPSA) is 102 Å². The van der Waals surface area contributed by atoms with Crippen molar-refractivity contribution in [1.29, 1.82) is 0 Å². The van der Waals surface area contributed by atoms with Crippen LogP contribution in [0.2, 0.25) is 0 Å². The molecule has 0 aliphatic carbocycles. The molecule has 0 spiro atoms. The summed E-state index contributed by atoms with van der Waals surface area (Å²) in [5, 5.41) is 1.92. The Morgan fingerprint density at radius 3 is 2.71 bits per heavy atom. The van der Waals surface area contributed by atoms with Crippen molar-refractivity contribution in [3.63, 3.8) is 0 Å². The van der Waals surface area contributed by atoms with E-state index in [4.69, 9.17) is 9.47 Å². The molecular formula is C15H16N2O6S. The number of carbonyl (C=O) groups excluding carboxylic acids is 4. The predicted octanol–water partition coefficient (Wildman–Crippen LogP) is 0.664. The first-order chi connectivity index (χ1) is 11.5. The highest BCUT2D eigenvalue weighted by molar-refractivity contribution is 8.13. The average Bonchev–Trinajstić information content (AvgIpc) is 2.97. The van der Waals surface area contributed by atoms with E-state index in [9.17, 15) is 19.2 Å². The maximum absolute atomic E-state index is 12.0. The molecule has 24 heavy (non-hydrogen) atoms. The molecular weight excluding hydrogens is 336 g/mol. The summed E-state index contributed by atoms with van der Waals surface area (Å²) in [6.45, 7) is -0.342. The van der Waals surface area contributed by atoms with E-state index in [1.165, 1.54) is 18.1 Å². The molecule has 0 aromatic heterocycles. The van der Waals surface area contributed by atoms with Gasteiger partial charge in [0.1, 0.15) is 12.3 Å². The van der Waals surface area contributed by atoms with Gasteiger partial charge in [0.05, 0.1) is 12.7 Å². The number of nitrogens with one attached hydrogen (secondary N) is 1. The van der Waals surface area contributed by atoms with Gasteiger partial charge in [-0.3, -0.25) is 24.5 Å². The molecule has 1 N–H and O–H groups in total. The van der Waals surface area contributed by atoms with Gasteiger partial charge in [-0.15, -0.1) is 0 Å². The highest BCUT2D eigenvalue weighted by Gasteiger charge is 2.24. The largest absolute Gasteiger partial charge is 0.496 e. The SMILES string of the molecule is COc1ccccc1C(=O)NC(=O)COC(=O)CN1CCSC1=O. The van der Waals surface area contributed by atoms with Crippen LogP contribution in [0.4, 0.5) is 4.79 Å². The molecule has 1 heterocycles. The van der Waals surface area contributed by atoms with Crippen molar-refractivity contribution in [3.05, 3.63) is 29.8 Å². The Balaban J connectivity index is 1.79. The molecule has 1 aliphatic rings. The van der Waals surface area contributed by atoms with E-state index in [-0.39, 0.29) is 17.3 Å². The van der Waals surface area contributed by atoms with Crippen LogP contribution in [0.5, 0.6) is 5.75 Å². The maximum Gasteiger partial charge on any atom is 0.326 e. The molecule has 0 unspecified atom stereocenters. The van der Waals surface area contributed by atoms with E-state index >= 15 is 0 Å². The van der Waals surface area contributed by atoms with Gasteiger partial charge in [0.25, 0.3) is 17.1 Å². The van der Waals surface area contributed by atoms with Gasteiger partial charge in [0, 0.05) is 12.3 Å². The van der Waals surface area contributed by atoms with E-state index in [1.807, 2.05) is 0 Å². The van der Waals surface area contributed by atoms with Crippen molar-refractivity contribution in [2.24, 2.45) is 0 Å². The number of hydrogen-bond donors (Lipinski definition) is 1. The zero-order valence-corrected chi connectivity index (χ0v) is 13.8. The molecule has 0 bridgehead atoms. The number of ether oxygens (including phenoxy) is 2. The lowest BCUT2D eigenvalue weighted by Gasteiger charge is -2.13. The molecule has 1 aromatic carbocycles. The van der Waals surface area contributed by atoms with Crippen LogP contribution in [0.1, 0.15) is 10.4 Å². The Morgan fingerprint density at radius 1 is 1.29 bits per heavy atom. The Hall–Kier alpha value is -2.55. The number of methoxy groups -OCH3 is 1. The number of thioether (sulfide) groups is 1. The number of esters is 1. The number of carbonyl (C=O) groups is 4. The van der Waals surface area contributed by atoms with Crippen molar-refractivity contribution >= 4 is 34.8 Å². The van der Waals surface area contributed by atoms with Gasteiger partial charge in [-0.25, -0.2) is 0 Å². The highest BCUT2D eigenvalue weighted by atomic mass is 32.2. The second-order valence-corrected chi connectivity index (χ2v) is 5.82. The molecule has 0 atom stereocenters. The van der Waals surface area contributed by atoms with Crippen LogP contribution in [0.15, 0.2) is 24.3 Å². The zero-order valence-electron chi connectivity index (χ0n) is 12.9. The first-order valence-corrected chi connectivity index (χ1v) is 8.04. The fraction of sp³-hybridized carbons (Fsp3) is 0.333. The molecule has 8 nitrogen and oxygen atoms in total. The van der Waals surface area contributed by atoms with Crippen LogP contribution < -0.4 is 10.1 Å². The van der Waals surface area contributed by atoms with Gasteiger partial charge in [0.15, 0.2) is 6.61 Å². The van der Waals surface area contributed by atoms with Crippen molar-refractivity contribution < 1.29 is 28.7 Å². The van der Waals surface area contributed by atoms with Crippen LogP contribution in [-0.2, 0) is 14.3 Å². The quantitative estimate of drug-likeness (QED) is 0.751. The highest BCUT2D eigenvalue weighted by Crippen LogP contribution is 2.17. The minimum atomic E-state index is -0.763. The third-order valence-corrected chi connectivity index (χ3v) is 4.03. The first-order valence-electron chi connectivity index (χ1n) is 7.05. The number of para-hydroxylation sites is 1. The van der Waals surface area contributed by atoms with Gasteiger partial charge in [-0.05, 0) is 12.1 Å². The lowest BCUT2D eigenvalue weighted by atomic mass is 10.2. The summed E-state index contributed by atoms with van der Waals surface area (Å²) in [5.41, 5.74) is 0.194. The zero-order chi connectivity index (χ0) is 17.5. The summed E-state index contributed by atoms with van der Waals surface area (Å²) < 4.78 is 9.80. The van der Waals surface area contributed by atoms with E-state index in [0.717, 1.165) is 11.8 Å². The van der Waals surface area contributed by atoms with Crippen molar-refractivity contribution in [1.82, 2.24) is 10.2 Å². The van der Waals surface area contributed by atoms with Crippen LogP contribution in [0.25, 0.3) is 0 Å². The average molecular weight is 352 g/mol. The van der Waals surface area contributed by atoms with Crippen LogP contribution >= 0.6 is 11.8 Å². The molecule has 1 aliphatic heterocycles. The second-order valence-electron chi connectivity index (χ2n) is 4.77. The third-order valence-electron chi connectivity index (χ3n) is 3.13. The van der Waals surface area contributed by atoms with E-state index in [2.05, 4.69) is 5.32 Å². The number of hydrogen-bond acceptors (Lipinski definition) is 7. The summed E-state index contributed by atoms with van der Waals surface area (Å²) >= 11 is 1.12. The minimum Gasteiger partial charge on any atom is -0.496 e. The molecule has 128 valence electrons. The lowest BCUT2D eigenvalue weighted by molar-refractivity contribution is -0.148. The molecule has 0 radical (unpaired) electrons. The minimum absolute atomic E-state index is 0.192. The third kappa shape index (κ3) is 4.72. The van der Waals surface area contributed by atoms with E-state index in [1.54, 1.807) is 18.2 Å². The van der Waals surface area contributed by atoms with Crippen LogP contribution in [0.3, 0.4) is 0 Å². The smallest absolute Gasteiger partial charge is 0.326 e. The Labute approximate surface area is 142 Å². The summed E-state index contributed by atoms with van der Waals surface area (Å²) in [6, 6.07) is 6.42. The van der Waals surface area contributed by atoms with Crippen LogP contribution in [0, 0.1) is 0 Å². The standard InChI is InChI=1S/C15H16N2O6S/c1-22-11-5-3-2-4-10(11)14(20)16-12(18)9-23-13(19)8-17-6-7-24-15(17)21/h2-5H,6-9H2,1H3,(H,16,18,20). The van der Waals surface area contributed by atoms with E-state index in [0.29, 0.717) is 18.0 Å². The lowest BCUT2D eigenvalue weighted by Crippen LogP contribution is -2.36. The maximum atomic E-state index is 12.0. The number of nitrogens with zero attached hydrogens (tertiary/aromatic N) is 1. The Morgan fingerprint density at radius 2 is 2.04 bits per heavy atom. The number of benzene rings is 1. The van der Waals surface area contributed by atoms with Gasteiger partial charge in [-0.2, -0.15) is 0 Å². The summed E-state index contributed by atoms with van der Waals surface area (Å²) in [5.74, 6) is -1.17. The molecule has 1 aromatic rings. The van der Waals surface area contributed by atoms with Gasteiger partial charge >= 0.3 is 5.97 Å². The second kappa shape index (κ2) is 8.34. The monoisotopic (exact) mass is 352 g/mol. The number of imide groups is 1. The number of rotatable bonds is 6. The molecule has 1 saturated heterocycles. The fourth-order valence-electron chi connectivity index (χ4n) is 1.98.